The van der Waals surface area contributed by atoms with Gasteiger partial charge in [0.25, 0.3) is 0 Å². The van der Waals surface area contributed by atoms with Gasteiger partial charge in [0.15, 0.2) is 0 Å². The van der Waals surface area contributed by atoms with Crippen LogP contribution in [0.25, 0.3) is 0 Å². The summed E-state index contributed by atoms with van der Waals surface area (Å²) in [4.78, 5) is 0. The second-order valence-electron chi connectivity index (χ2n) is 4.58. The van der Waals surface area contributed by atoms with Gasteiger partial charge in [0.05, 0.1) is 6.04 Å². The molecule has 2 aromatic carbocycles. The van der Waals surface area contributed by atoms with E-state index < -0.39 is 6.04 Å². The van der Waals surface area contributed by atoms with Crippen molar-refractivity contribution in [3.05, 3.63) is 68.4 Å². The highest BCUT2D eigenvalue weighted by molar-refractivity contribution is 6.32. The van der Waals surface area contributed by atoms with Crippen LogP contribution in [-0.2, 0) is 0 Å². The van der Waals surface area contributed by atoms with Gasteiger partial charge < -0.3 is 5.73 Å². The molecular weight excluding hydrogens is 284 g/mol. The van der Waals surface area contributed by atoms with Crippen LogP contribution in [0.15, 0.2) is 30.3 Å². The molecule has 0 saturated heterocycles. The third-order valence-electron chi connectivity index (χ3n) is 3.17. The van der Waals surface area contributed by atoms with Crippen LogP contribution in [0.5, 0.6) is 0 Å². The van der Waals surface area contributed by atoms with Crippen LogP contribution in [0, 0.1) is 19.7 Å². The molecule has 19 heavy (non-hydrogen) atoms. The first-order chi connectivity index (χ1) is 8.91. The Labute approximate surface area is 122 Å². The van der Waals surface area contributed by atoms with E-state index in [4.69, 9.17) is 28.9 Å². The highest BCUT2D eigenvalue weighted by Crippen LogP contribution is 2.33. The van der Waals surface area contributed by atoms with Gasteiger partial charge in [-0.3, -0.25) is 0 Å². The van der Waals surface area contributed by atoms with E-state index in [-0.39, 0.29) is 5.82 Å². The van der Waals surface area contributed by atoms with Crippen LogP contribution in [0.2, 0.25) is 10.0 Å². The van der Waals surface area contributed by atoms with Crippen LogP contribution in [0.1, 0.15) is 28.3 Å². The Balaban J connectivity index is 2.53. The minimum absolute atomic E-state index is 0.313. The summed E-state index contributed by atoms with van der Waals surface area (Å²) in [6.45, 7) is 3.59. The zero-order valence-corrected chi connectivity index (χ0v) is 12.2. The summed E-state index contributed by atoms with van der Waals surface area (Å²) < 4.78 is 13.4. The third-order valence-corrected chi connectivity index (χ3v) is 4.01. The fourth-order valence-electron chi connectivity index (χ4n) is 2.00. The molecular formula is C15H14Cl2FN. The van der Waals surface area contributed by atoms with Gasteiger partial charge in [-0.05, 0) is 48.2 Å². The van der Waals surface area contributed by atoms with Gasteiger partial charge in [0, 0.05) is 10.0 Å². The maximum atomic E-state index is 13.4. The lowest BCUT2D eigenvalue weighted by atomic mass is 9.96. The SMILES string of the molecule is Cc1cc(C(N)c2cccc(C)c2Cl)c(Cl)cc1F. The molecule has 0 aliphatic heterocycles. The van der Waals surface area contributed by atoms with Gasteiger partial charge in [-0.2, -0.15) is 0 Å². The molecule has 0 amide bonds. The molecule has 2 rings (SSSR count). The molecule has 0 saturated carbocycles. The number of aryl methyl sites for hydroxylation is 2. The van der Waals surface area contributed by atoms with Crippen molar-refractivity contribution in [2.75, 3.05) is 0 Å². The topological polar surface area (TPSA) is 26.0 Å². The minimum atomic E-state index is -0.473. The van der Waals surface area contributed by atoms with Crippen LogP contribution in [0.4, 0.5) is 4.39 Å². The quantitative estimate of drug-likeness (QED) is 0.847. The first kappa shape index (κ1) is 14.3. The Morgan fingerprint density at radius 1 is 1.05 bits per heavy atom. The fourth-order valence-corrected chi connectivity index (χ4v) is 2.51. The monoisotopic (exact) mass is 297 g/mol. The lowest BCUT2D eigenvalue weighted by Gasteiger charge is -2.17. The Morgan fingerprint density at radius 3 is 2.42 bits per heavy atom. The highest BCUT2D eigenvalue weighted by Gasteiger charge is 2.17. The summed E-state index contributed by atoms with van der Waals surface area (Å²) in [5, 5.41) is 0.932. The molecule has 1 unspecified atom stereocenters. The van der Waals surface area contributed by atoms with Crippen molar-refractivity contribution in [3.8, 4) is 0 Å². The predicted molar refractivity (Wildman–Crippen MR) is 78.4 cm³/mol. The van der Waals surface area contributed by atoms with Gasteiger partial charge in [-0.15, -0.1) is 0 Å². The molecule has 0 spiro atoms. The van der Waals surface area contributed by atoms with E-state index in [0.29, 0.717) is 21.2 Å². The smallest absolute Gasteiger partial charge is 0.127 e. The zero-order chi connectivity index (χ0) is 14.2. The van der Waals surface area contributed by atoms with E-state index in [1.165, 1.54) is 6.07 Å². The van der Waals surface area contributed by atoms with E-state index in [1.807, 2.05) is 25.1 Å². The van der Waals surface area contributed by atoms with Crippen molar-refractivity contribution >= 4 is 23.2 Å². The maximum Gasteiger partial charge on any atom is 0.127 e. The normalized spacial score (nSPS) is 12.5. The lowest BCUT2D eigenvalue weighted by Crippen LogP contribution is -2.14. The van der Waals surface area contributed by atoms with E-state index in [0.717, 1.165) is 11.1 Å². The van der Waals surface area contributed by atoms with Crippen molar-refractivity contribution in [1.82, 2.24) is 0 Å². The highest BCUT2D eigenvalue weighted by atomic mass is 35.5. The number of hydrogen-bond donors (Lipinski definition) is 1. The second kappa shape index (κ2) is 5.49. The van der Waals surface area contributed by atoms with Crippen molar-refractivity contribution in [2.24, 2.45) is 5.73 Å². The summed E-state index contributed by atoms with van der Waals surface area (Å²) in [7, 11) is 0. The number of nitrogens with two attached hydrogens (primary N) is 1. The van der Waals surface area contributed by atoms with Crippen molar-refractivity contribution in [3.63, 3.8) is 0 Å². The van der Waals surface area contributed by atoms with Gasteiger partial charge >= 0.3 is 0 Å². The summed E-state index contributed by atoms with van der Waals surface area (Å²) in [6, 6.07) is 8.14. The molecule has 0 bridgehead atoms. The van der Waals surface area contributed by atoms with Gasteiger partial charge in [0.1, 0.15) is 5.82 Å². The van der Waals surface area contributed by atoms with Crippen molar-refractivity contribution in [1.29, 1.82) is 0 Å². The van der Waals surface area contributed by atoms with E-state index >= 15 is 0 Å². The molecule has 0 fully saturated rings. The Kier molecular flexibility index (Phi) is 4.14. The number of hydrogen-bond acceptors (Lipinski definition) is 1. The predicted octanol–water partition coefficient (Wildman–Crippen LogP) is 4.80. The summed E-state index contributed by atoms with van der Waals surface area (Å²) >= 11 is 12.3. The number of rotatable bonds is 2. The largest absolute Gasteiger partial charge is 0.320 e. The summed E-state index contributed by atoms with van der Waals surface area (Å²) in [5.41, 5.74) is 9.14. The zero-order valence-electron chi connectivity index (χ0n) is 10.7. The first-order valence-corrected chi connectivity index (χ1v) is 6.63. The summed E-state index contributed by atoms with van der Waals surface area (Å²) in [5.74, 6) is -0.337. The van der Waals surface area contributed by atoms with Crippen LogP contribution in [-0.4, -0.2) is 0 Å². The van der Waals surface area contributed by atoms with Crippen molar-refractivity contribution < 1.29 is 4.39 Å². The van der Waals surface area contributed by atoms with Gasteiger partial charge in [0.2, 0.25) is 0 Å². The minimum Gasteiger partial charge on any atom is -0.320 e. The average Bonchev–Trinajstić information content (AvgIpc) is 2.36. The van der Waals surface area contributed by atoms with Gasteiger partial charge in [-0.25, -0.2) is 4.39 Å². The van der Waals surface area contributed by atoms with Crippen LogP contribution >= 0.6 is 23.2 Å². The Hall–Kier alpha value is -1.09. The van der Waals surface area contributed by atoms with Gasteiger partial charge in [-0.1, -0.05) is 41.4 Å². The lowest BCUT2D eigenvalue weighted by molar-refractivity contribution is 0.617. The van der Waals surface area contributed by atoms with E-state index in [1.54, 1.807) is 13.0 Å². The van der Waals surface area contributed by atoms with Crippen LogP contribution < -0.4 is 5.73 Å². The summed E-state index contributed by atoms with van der Waals surface area (Å²) in [6.07, 6.45) is 0. The molecule has 1 nitrogen and oxygen atoms in total. The molecule has 4 heteroatoms. The molecule has 0 aliphatic carbocycles. The average molecular weight is 298 g/mol. The van der Waals surface area contributed by atoms with Crippen LogP contribution in [0.3, 0.4) is 0 Å². The molecule has 2 N–H and O–H groups in total. The molecule has 0 aromatic heterocycles. The number of halogens is 3. The third kappa shape index (κ3) is 2.76. The van der Waals surface area contributed by atoms with E-state index in [2.05, 4.69) is 0 Å². The van der Waals surface area contributed by atoms with Crippen molar-refractivity contribution in [2.45, 2.75) is 19.9 Å². The second-order valence-corrected chi connectivity index (χ2v) is 5.36. The first-order valence-electron chi connectivity index (χ1n) is 5.88. The Morgan fingerprint density at radius 2 is 1.74 bits per heavy atom. The maximum absolute atomic E-state index is 13.4. The molecule has 0 heterocycles. The molecule has 100 valence electrons. The van der Waals surface area contributed by atoms with E-state index in [9.17, 15) is 4.39 Å². The standard InChI is InChI=1S/C15H14Cl2FN/c1-8-4-3-5-10(14(8)17)15(19)11-6-9(2)13(18)7-12(11)16/h3-7,15H,19H2,1-2H3. The molecule has 0 aliphatic rings. The fraction of sp³-hybridized carbons (Fsp3) is 0.200. The Bertz CT molecular complexity index is 626. The molecule has 1 atom stereocenters. The number of benzene rings is 2. The molecule has 0 radical (unpaired) electrons. The molecule has 2 aromatic rings.